The van der Waals surface area contributed by atoms with Gasteiger partial charge in [-0.1, -0.05) is 12.2 Å². The van der Waals surface area contributed by atoms with Gasteiger partial charge in [0.25, 0.3) is 0 Å². The molecule has 1 aliphatic rings. The quantitative estimate of drug-likeness (QED) is 0.316. The lowest BCUT2D eigenvalue weighted by molar-refractivity contribution is -0.235. The summed E-state index contributed by atoms with van der Waals surface area (Å²) < 4.78 is 0. The van der Waals surface area contributed by atoms with E-state index in [0.717, 1.165) is 0 Å². The molecule has 1 heterocycles. The van der Waals surface area contributed by atoms with Crippen LogP contribution in [0.25, 0.3) is 0 Å². The van der Waals surface area contributed by atoms with Crippen molar-refractivity contribution in [2.45, 2.75) is 13.8 Å². The Morgan fingerprint density at radius 2 is 1.73 bits per heavy atom. The van der Waals surface area contributed by atoms with E-state index < -0.39 is 17.4 Å². The molecular formula is C7H8O4. The summed E-state index contributed by atoms with van der Waals surface area (Å²) in [5.74, 6) is -1.33. The number of carbonyl (C=O) groups excluding carboxylic acids is 2. The summed E-state index contributed by atoms with van der Waals surface area (Å²) in [5.41, 5.74) is -1.24. The molecule has 0 atom stereocenters. The van der Waals surface area contributed by atoms with Crippen LogP contribution in [0, 0.1) is 5.41 Å². The summed E-state index contributed by atoms with van der Waals surface area (Å²) in [6.45, 7) is 3.16. The highest BCUT2D eigenvalue weighted by Crippen LogP contribution is 2.28. The van der Waals surface area contributed by atoms with Gasteiger partial charge >= 0.3 is 11.9 Å². The van der Waals surface area contributed by atoms with Gasteiger partial charge in [0.1, 0.15) is 0 Å². The zero-order valence-corrected chi connectivity index (χ0v) is 6.29. The second kappa shape index (κ2) is 2.38. The molecule has 0 aliphatic carbocycles. The van der Waals surface area contributed by atoms with Crippen LogP contribution in [0.3, 0.4) is 0 Å². The van der Waals surface area contributed by atoms with Crippen LogP contribution in [0.4, 0.5) is 0 Å². The first kappa shape index (κ1) is 7.78. The second-order valence-electron chi connectivity index (χ2n) is 2.44. The van der Waals surface area contributed by atoms with Crippen molar-refractivity contribution in [3.63, 3.8) is 0 Å². The summed E-state index contributed by atoms with van der Waals surface area (Å²) in [5, 5.41) is 0. The van der Waals surface area contributed by atoms with Gasteiger partial charge in [0.15, 0.2) is 5.41 Å². The van der Waals surface area contributed by atoms with Crippen molar-refractivity contribution >= 4 is 11.9 Å². The lowest BCUT2D eigenvalue weighted by Gasteiger charge is -2.04. The molecule has 0 N–H and O–H groups in total. The minimum absolute atomic E-state index is 0.666. The van der Waals surface area contributed by atoms with Crippen LogP contribution in [-0.4, -0.2) is 11.9 Å². The highest BCUT2D eigenvalue weighted by molar-refractivity contribution is 6.04. The fourth-order valence-corrected chi connectivity index (χ4v) is 0.802. The van der Waals surface area contributed by atoms with Crippen LogP contribution >= 0.6 is 0 Å². The Balaban J connectivity index is 2.98. The standard InChI is InChI=1S/C7H8O4/c1-3-4-7(2)5(8)10-11-6(7)9/h3-4H,1-2H3/b4-3+. The molecule has 1 fully saturated rings. The van der Waals surface area contributed by atoms with Crippen molar-refractivity contribution in [3.05, 3.63) is 12.2 Å². The fraction of sp³-hybridized carbons (Fsp3) is 0.429. The van der Waals surface area contributed by atoms with Gasteiger partial charge in [0, 0.05) is 0 Å². The van der Waals surface area contributed by atoms with E-state index in [1.165, 1.54) is 13.0 Å². The molecule has 60 valence electrons. The molecular weight excluding hydrogens is 148 g/mol. The maximum atomic E-state index is 10.9. The number of hydrogen-bond acceptors (Lipinski definition) is 4. The van der Waals surface area contributed by atoms with E-state index in [4.69, 9.17) is 0 Å². The van der Waals surface area contributed by atoms with Crippen LogP contribution in [0.5, 0.6) is 0 Å². The molecule has 0 spiro atoms. The van der Waals surface area contributed by atoms with Crippen molar-refractivity contribution in [3.8, 4) is 0 Å². The van der Waals surface area contributed by atoms with Crippen molar-refractivity contribution in [2.24, 2.45) is 5.41 Å². The maximum absolute atomic E-state index is 10.9. The van der Waals surface area contributed by atoms with E-state index in [-0.39, 0.29) is 0 Å². The summed E-state index contributed by atoms with van der Waals surface area (Å²) >= 11 is 0. The Kier molecular flexibility index (Phi) is 1.68. The maximum Gasteiger partial charge on any atom is 0.376 e. The van der Waals surface area contributed by atoms with E-state index in [9.17, 15) is 9.59 Å². The Bertz CT molecular complexity index is 213. The Hall–Kier alpha value is -1.32. The summed E-state index contributed by atoms with van der Waals surface area (Å²) in [4.78, 5) is 29.9. The van der Waals surface area contributed by atoms with Gasteiger partial charge in [-0.2, -0.15) is 0 Å². The van der Waals surface area contributed by atoms with Gasteiger partial charge in [0.2, 0.25) is 0 Å². The Morgan fingerprint density at radius 3 is 2.09 bits per heavy atom. The molecule has 4 nitrogen and oxygen atoms in total. The van der Waals surface area contributed by atoms with E-state index in [1.54, 1.807) is 13.0 Å². The molecule has 1 saturated heterocycles. The molecule has 1 rings (SSSR count). The monoisotopic (exact) mass is 156 g/mol. The molecule has 0 saturated carbocycles. The minimum Gasteiger partial charge on any atom is -0.246 e. The average molecular weight is 156 g/mol. The summed E-state index contributed by atoms with van der Waals surface area (Å²) in [6.07, 6.45) is 3.05. The molecule has 0 bridgehead atoms. The van der Waals surface area contributed by atoms with Crippen LogP contribution in [0.1, 0.15) is 13.8 Å². The van der Waals surface area contributed by atoms with Crippen LogP contribution in [0.2, 0.25) is 0 Å². The topological polar surface area (TPSA) is 52.6 Å². The van der Waals surface area contributed by atoms with Gasteiger partial charge in [-0.15, -0.1) is 0 Å². The Labute approximate surface area is 63.7 Å². The average Bonchev–Trinajstić information content (AvgIpc) is 2.19. The normalized spacial score (nSPS) is 22.0. The van der Waals surface area contributed by atoms with Crippen molar-refractivity contribution in [1.29, 1.82) is 0 Å². The third kappa shape index (κ3) is 1.00. The van der Waals surface area contributed by atoms with E-state index in [0.29, 0.717) is 0 Å². The highest BCUT2D eigenvalue weighted by Gasteiger charge is 2.49. The van der Waals surface area contributed by atoms with Crippen molar-refractivity contribution in [2.75, 3.05) is 0 Å². The lowest BCUT2D eigenvalue weighted by Crippen LogP contribution is -2.26. The summed E-state index contributed by atoms with van der Waals surface area (Å²) in [6, 6.07) is 0. The zero-order chi connectivity index (χ0) is 8.48. The van der Waals surface area contributed by atoms with E-state index >= 15 is 0 Å². The predicted octanol–water partition coefficient (Wildman–Crippen LogP) is 0.584. The number of carbonyl (C=O) groups is 2. The van der Waals surface area contributed by atoms with Crippen molar-refractivity contribution < 1.29 is 19.4 Å². The van der Waals surface area contributed by atoms with Gasteiger partial charge in [-0.05, 0) is 13.8 Å². The smallest absolute Gasteiger partial charge is 0.246 e. The minimum atomic E-state index is -1.24. The molecule has 1 aliphatic heterocycles. The van der Waals surface area contributed by atoms with E-state index in [1.807, 2.05) is 0 Å². The first-order chi connectivity index (χ1) is 5.11. The molecule has 0 amide bonds. The third-order valence-electron chi connectivity index (χ3n) is 1.54. The van der Waals surface area contributed by atoms with Gasteiger partial charge in [-0.3, -0.25) is 0 Å². The van der Waals surface area contributed by atoms with Gasteiger partial charge < -0.3 is 0 Å². The summed E-state index contributed by atoms with van der Waals surface area (Å²) in [7, 11) is 0. The van der Waals surface area contributed by atoms with Gasteiger partial charge in [0.05, 0.1) is 0 Å². The SMILES string of the molecule is C/C=C/C1(C)C(=O)OOC1=O. The predicted molar refractivity (Wildman–Crippen MR) is 35.1 cm³/mol. The lowest BCUT2D eigenvalue weighted by atomic mass is 9.91. The fourth-order valence-electron chi connectivity index (χ4n) is 0.802. The molecule has 0 radical (unpaired) electrons. The first-order valence-corrected chi connectivity index (χ1v) is 3.18. The van der Waals surface area contributed by atoms with Gasteiger partial charge in [-0.25, -0.2) is 19.4 Å². The number of rotatable bonds is 1. The third-order valence-corrected chi connectivity index (χ3v) is 1.54. The first-order valence-electron chi connectivity index (χ1n) is 3.18. The zero-order valence-electron chi connectivity index (χ0n) is 6.29. The molecule has 0 unspecified atom stereocenters. The van der Waals surface area contributed by atoms with Crippen LogP contribution in [0.15, 0.2) is 12.2 Å². The second-order valence-corrected chi connectivity index (χ2v) is 2.44. The van der Waals surface area contributed by atoms with Crippen molar-refractivity contribution in [1.82, 2.24) is 0 Å². The number of hydrogen-bond donors (Lipinski definition) is 0. The van der Waals surface area contributed by atoms with Crippen LogP contribution in [-0.2, 0) is 19.4 Å². The van der Waals surface area contributed by atoms with E-state index in [2.05, 4.69) is 9.78 Å². The molecule has 4 heteroatoms. The number of allylic oxidation sites excluding steroid dienone is 1. The largest absolute Gasteiger partial charge is 0.376 e. The molecule has 0 aromatic rings. The molecule has 11 heavy (non-hydrogen) atoms. The highest BCUT2D eigenvalue weighted by atomic mass is 17.2. The van der Waals surface area contributed by atoms with Crippen LogP contribution < -0.4 is 0 Å². The Morgan fingerprint density at radius 1 is 1.27 bits per heavy atom. The molecule has 0 aromatic heterocycles. The molecule has 0 aromatic carbocycles.